The Morgan fingerprint density at radius 3 is 2.45 bits per heavy atom. The molecule has 0 saturated carbocycles. The number of benzene rings is 2. The number of rotatable bonds is 9. The van der Waals surface area contributed by atoms with Crippen molar-refractivity contribution in [2.45, 2.75) is 13.0 Å². The summed E-state index contributed by atoms with van der Waals surface area (Å²) in [5.41, 5.74) is 6.44. The molecule has 0 bridgehead atoms. The number of aromatic nitrogens is 3. The maximum absolute atomic E-state index is 13.2. The van der Waals surface area contributed by atoms with Crippen LogP contribution < -0.4 is 10.6 Å². The normalized spacial score (nSPS) is 10.5. The number of hydrogen-bond donors (Lipinski definition) is 1. The molecule has 0 saturated heterocycles. The van der Waals surface area contributed by atoms with Gasteiger partial charge in [0, 0.05) is 18.7 Å². The van der Waals surface area contributed by atoms with Crippen LogP contribution >= 0.6 is 0 Å². The standard InChI is InChI=1S/C21H20FN5O4/c22-16-6-8-17(9-7-16)27(11-10-19(23)28)20(29)14-31-21(30)18-13-26(25-24-18)12-15-4-2-1-3-5-15/h1-9,13H,10-12,14H2,(H2,23,28). The largest absolute Gasteiger partial charge is 0.451 e. The Hall–Kier alpha value is -4.08. The molecule has 2 aromatic carbocycles. The molecule has 9 nitrogen and oxygen atoms in total. The number of carbonyl (C=O) groups is 3. The maximum atomic E-state index is 13.2. The van der Waals surface area contributed by atoms with E-state index in [0.717, 1.165) is 5.56 Å². The number of nitrogens with two attached hydrogens (primary N) is 1. The van der Waals surface area contributed by atoms with Crippen LogP contribution in [0.4, 0.5) is 10.1 Å². The van der Waals surface area contributed by atoms with E-state index < -0.39 is 30.2 Å². The Morgan fingerprint density at radius 1 is 1.06 bits per heavy atom. The highest BCUT2D eigenvalue weighted by atomic mass is 19.1. The Balaban J connectivity index is 1.61. The Kier molecular flexibility index (Phi) is 7.05. The van der Waals surface area contributed by atoms with Crippen molar-refractivity contribution < 1.29 is 23.5 Å². The van der Waals surface area contributed by atoms with Crippen molar-refractivity contribution in [2.24, 2.45) is 5.73 Å². The predicted octanol–water partition coefficient (Wildman–Crippen LogP) is 1.53. The number of nitrogens with zero attached hydrogens (tertiary/aromatic N) is 4. The molecule has 10 heteroatoms. The number of primary amides is 1. The molecule has 0 unspecified atom stereocenters. The lowest BCUT2D eigenvalue weighted by molar-refractivity contribution is -0.121. The van der Waals surface area contributed by atoms with Gasteiger partial charge in [0.15, 0.2) is 12.3 Å². The second-order valence-electron chi connectivity index (χ2n) is 6.60. The van der Waals surface area contributed by atoms with Crippen molar-refractivity contribution in [3.63, 3.8) is 0 Å². The quantitative estimate of drug-likeness (QED) is 0.519. The lowest BCUT2D eigenvalue weighted by Crippen LogP contribution is -2.37. The molecule has 1 aromatic heterocycles. The first kappa shape index (κ1) is 21.6. The highest BCUT2D eigenvalue weighted by molar-refractivity contribution is 5.97. The van der Waals surface area contributed by atoms with E-state index in [1.165, 1.54) is 40.0 Å². The third-order valence-electron chi connectivity index (χ3n) is 4.28. The molecule has 0 radical (unpaired) electrons. The van der Waals surface area contributed by atoms with Crippen molar-refractivity contribution in [3.05, 3.63) is 77.9 Å². The monoisotopic (exact) mass is 425 g/mol. The Labute approximate surface area is 177 Å². The van der Waals surface area contributed by atoms with Gasteiger partial charge >= 0.3 is 5.97 Å². The fourth-order valence-corrected chi connectivity index (χ4v) is 2.76. The van der Waals surface area contributed by atoms with E-state index in [2.05, 4.69) is 10.3 Å². The average Bonchev–Trinajstić information content (AvgIpc) is 3.22. The molecule has 0 fully saturated rings. The number of hydrogen-bond acceptors (Lipinski definition) is 6. The molecule has 0 atom stereocenters. The van der Waals surface area contributed by atoms with Gasteiger partial charge in [0.25, 0.3) is 5.91 Å². The van der Waals surface area contributed by atoms with Gasteiger partial charge in [-0.2, -0.15) is 0 Å². The highest BCUT2D eigenvalue weighted by Crippen LogP contribution is 2.16. The third kappa shape index (κ3) is 6.20. The second kappa shape index (κ2) is 10.1. The van der Waals surface area contributed by atoms with Gasteiger partial charge in [-0.1, -0.05) is 35.5 Å². The summed E-state index contributed by atoms with van der Waals surface area (Å²) in [6.45, 7) is -0.212. The summed E-state index contributed by atoms with van der Waals surface area (Å²) in [6, 6.07) is 14.6. The van der Waals surface area contributed by atoms with Gasteiger partial charge in [-0.25, -0.2) is 13.9 Å². The van der Waals surface area contributed by atoms with E-state index in [-0.39, 0.29) is 18.7 Å². The molecule has 2 N–H and O–H groups in total. The maximum Gasteiger partial charge on any atom is 0.361 e. The molecule has 2 amide bonds. The summed E-state index contributed by atoms with van der Waals surface area (Å²) >= 11 is 0. The SMILES string of the molecule is NC(=O)CCN(C(=O)COC(=O)c1cn(Cc2ccccc2)nn1)c1ccc(F)cc1. The first-order valence-electron chi connectivity index (χ1n) is 9.38. The zero-order valence-corrected chi connectivity index (χ0v) is 16.5. The summed E-state index contributed by atoms with van der Waals surface area (Å²) in [5, 5.41) is 7.66. The van der Waals surface area contributed by atoms with Crippen LogP contribution in [0.25, 0.3) is 0 Å². The van der Waals surface area contributed by atoms with Gasteiger partial charge in [0.1, 0.15) is 5.82 Å². The molecule has 3 aromatic rings. The summed E-state index contributed by atoms with van der Waals surface area (Å²) in [6.07, 6.45) is 1.31. The van der Waals surface area contributed by atoms with Crippen LogP contribution in [-0.4, -0.2) is 45.9 Å². The topological polar surface area (TPSA) is 120 Å². The summed E-state index contributed by atoms with van der Waals surface area (Å²) in [5.74, 6) is -2.50. The Morgan fingerprint density at radius 2 is 1.77 bits per heavy atom. The van der Waals surface area contributed by atoms with Crippen molar-refractivity contribution in [1.29, 1.82) is 0 Å². The average molecular weight is 425 g/mol. The molecule has 0 aliphatic rings. The molecule has 1 heterocycles. The molecule has 0 aliphatic carbocycles. The molecular formula is C21H20FN5O4. The predicted molar refractivity (Wildman–Crippen MR) is 108 cm³/mol. The number of esters is 1. The van der Waals surface area contributed by atoms with Gasteiger partial charge < -0.3 is 15.4 Å². The number of anilines is 1. The van der Waals surface area contributed by atoms with Crippen LogP contribution in [0, 0.1) is 5.82 Å². The van der Waals surface area contributed by atoms with Crippen LogP contribution in [0.15, 0.2) is 60.8 Å². The van der Waals surface area contributed by atoms with E-state index in [4.69, 9.17) is 10.5 Å². The smallest absolute Gasteiger partial charge is 0.361 e. The molecule has 160 valence electrons. The van der Waals surface area contributed by atoms with Gasteiger partial charge in [0.05, 0.1) is 12.7 Å². The van der Waals surface area contributed by atoms with E-state index in [0.29, 0.717) is 12.2 Å². The van der Waals surface area contributed by atoms with Crippen molar-refractivity contribution in [3.8, 4) is 0 Å². The van der Waals surface area contributed by atoms with Crippen LogP contribution in [0.3, 0.4) is 0 Å². The highest BCUT2D eigenvalue weighted by Gasteiger charge is 2.20. The number of carbonyl (C=O) groups excluding carboxylic acids is 3. The number of ether oxygens (including phenoxy) is 1. The summed E-state index contributed by atoms with van der Waals surface area (Å²) < 4.78 is 19.7. The van der Waals surface area contributed by atoms with E-state index in [1.54, 1.807) is 0 Å². The van der Waals surface area contributed by atoms with Crippen LogP contribution in [0.5, 0.6) is 0 Å². The van der Waals surface area contributed by atoms with Crippen LogP contribution in [0.2, 0.25) is 0 Å². The van der Waals surface area contributed by atoms with E-state index >= 15 is 0 Å². The summed E-state index contributed by atoms with van der Waals surface area (Å²) in [4.78, 5) is 37.2. The molecular weight excluding hydrogens is 405 g/mol. The second-order valence-corrected chi connectivity index (χ2v) is 6.60. The van der Waals surface area contributed by atoms with Crippen molar-refractivity contribution in [2.75, 3.05) is 18.1 Å². The fraction of sp³-hybridized carbons (Fsp3) is 0.190. The lowest BCUT2D eigenvalue weighted by Gasteiger charge is -2.22. The third-order valence-corrected chi connectivity index (χ3v) is 4.28. The van der Waals surface area contributed by atoms with Crippen molar-refractivity contribution >= 4 is 23.5 Å². The van der Waals surface area contributed by atoms with Gasteiger partial charge in [-0.15, -0.1) is 5.10 Å². The van der Waals surface area contributed by atoms with E-state index in [9.17, 15) is 18.8 Å². The van der Waals surface area contributed by atoms with Crippen LogP contribution in [-0.2, 0) is 20.9 Å². The first-order valence-corrected chi connectivity index (χ1v) is 9.38. The van der Waals surface area contributed by atoms with E-state index in [1.807, 2.05) is 30.3 Å². The minimum absolute atomic E-state index is 0.0371. The van der Waals surface area contributed by atoms with Gasteiger partial charge in [0.2, 0.25) is 5.91 Å². The first-order chi connectivity index (χ1) is 14.9. The fourth-order valence-electron chi connectivity index (χ4n) is 2.76. The Bertz CT molecular complexity index is 1050. The zero-order chi connectivity index (χ0) is 22.2. The lowest BCUT2D eigenvalue weighted by atomic mass is 10.2. The number of amides is 2. The van der Waals surface area contributed by atoms with Gasteiger partial charge in [-0.3, -0.25) is 9.59 Å². The molecule has 31 heavy (non-hydrogen) atoms. The van der Waals surface area contributed by atoms with Crippen molar-refractivity contribution in [1.82, 2.24) is 15.0 Å². The minimum Gasteiger partial charge on any atom is -0.451 e. The minimum atomic E-state index is -0.818. The molecule has 0 aliphatic heterocycles. The van der Waals surface area contributed by atoms with Gasteiger partial charge in [-0.05, 0) is 29.8 Å². The molecule has 0 spiro atoms. The zero-order valence-electron chi connectivity index (χ0n) is 16.5. The number of halogens is 1. The molecule has 3 rings (SSSR count). The van der Waals surface area contributed by atoms with Crippen LogP contribution in [0.1, 0.15) is 22.5 Å². The summed E-state index contributed by atoms with van der Waals surface area (Å²) in [7, 11) is 0.